The predicted molar refractivity (Wildman–Crippen MR) is 48.1 cm³/mol. The molecule has 64 valence electrons. The summed E-state index contributed by atoms with van der Waals surface area (Å²) in [6.45, 7) is 3.64. The molecule has 0 aromatic carbocycles. The van der Waals surface area contributed by atoms with Gasteiger partial charge >= 0.3 is 0 Å². The first-order chi connectivity index (χ1) is 4.06. The van der Waals surface area contributed by atoms with Gasteiger partial charge in [-0.3, -0.25) is 0 Å². The third kappa shape index (κ3) is 11.4. The van der Waals surface area contributed by atoms with Crippen LogP contribution in [0.2, 0.25) is 0 Å². The molecule has 0 spiro atoms. The molecule has 0 atom stereocenters. The molecule has 0 aromatic rings. The van der Waals surface area contributed by atoms with Crippen LogP contribution in [-0.2, 0) is 0 Å². The number of aliphatic hydroxyl groups is 1. The Morgan fingerprint density at radius 3 is 2.10 bits per heavy atom. The lowest BCUT2D eigenvalue weighted by Crippen LogP contribution is -2.17. The highest BCUT2D eigenvalue weighted by Gasteiger charge is 2.10. The van der Waals surface area contributed by atoms with Crippen LogP contribution in [0.5, 0.6) is 0 Å². The highest BCUT2D eigenvalue weighted by Crippen LogP contribution is 2.11. The van der Waals surface area contributed by atoms with Crippen molar-refractivity contribution in [1.29, 1.82) is 0 Å². The summed E-state index contributed by atoms with van der Waals surface area (Å²) in [7, 11) is 0. The summed E-state index contributed by atoms with van der Waals surface area (Å²) < 4.78 is 0. The maximum atomic E-state index is 9.20. The zero-order chi connectivity index (χ0) is 7.33. The molecule has 0 saturated carbocycles. The number of alkyl halides is 1. The van der Waals surface area contributed by atoms with Gasteiger partial charge < -0.3 is 5.11 Å². The molecule has 0 radical (unpaired) electrons. The molecule has 0 aliphatic carbocycles. The van der Waals surface area contributed by atoms with Crippen molar-refractivity contribution in [1.82, 2.24) is 0 Å². The zero-order valence-corrected chi connectivity index (χ0v) is 8.13. The van der Waals surface area contributed by atoms with E-state index in [9.17, 15) is 5.11 Å². The van der Waals surface area contributed by atoms with Gasteiger partial charge in [-0.2, -0.15) is 0 Å². The molecule has 0 aliphatic heterocycles. The fraction of sp³-hybridized carbons (Fsp3) is 1.00. The van der Waals surface area contributed by atoms with Crippen LogP contribution in [0, 0.1) is 0 Å². The van der Waals surface area contributed by atoms with Crippen molar-refractivity contribution in [3.8, 4) is 0 Å². The van der Waals surface area contributed by atoms with Crippen molar-refractivity contribution >= 4 is 24.0 Å². The predicted octanol–water partition coefficient (Wildman–Crippen LogP) is 2.59. The van der Waals surface area contributed by atoms with Gasteiger partial charge in [0.25, 0.3) is 0 Å². The van der Waals surface area contributed by atoms with Gasteiger partial charge in [0.1, 0.15) is 0 Å². The maximum absolute atomic E-state index is 9.20. The lowest BCUT2D eigenvalue weighted by atomic mass is 10.0. The van der Waals surface area contributed by atoms with Crippen LogP contribution >= 0.6 is 24.0 Å². The van der Waals surface area contributed by atoms with E-state index in [1.807, 2.05) is 13.8 Å². The van der Waals surface area contributed by atoms with Crippen LogP contribution in [0.1, 0.15) is 33.1 Å². The van der Waals surface area contributed by atoms with Gasteiger partial charge in [-0.15, -0.1) is 24.0 Å². The van der Waals surface area contributed by atoms with E-state index >= 15 is 0 Å². The van der Waals surface area contributed by atoms with Crippen LogP contribution < -0.4 is 0 Å². The minimum atomic E-state index is -0.508. The molecular weight excluding hydrogens is 171 g/mol. The molecule has 1 nitrogen and oxygen atoms in total. The van der Waals surface area contributed by atoms with Crippen LogP contribution in [-0.4, -0.2) is 16.6 Å². The first kappa shape index (κ1) is 13.2. The Labute approximate surface area is 74.2 Å². The monoisotopic (exact) mass is 186 g/mol. The van der Waals surface area contributed by atoms with Crippen LogP contribution in [0.4, 0.5) is 0 Å². The summed E-state index contributed by atoms with van der Waals surface area (Å²) in [6, 6.07) is 0. The summed E-state index contributed by atoms with van der Waals surface area (Å²) in [5.74, 6) is 0.704. The Balaban J connectivity index is 0. The van der Waals surface area contributed by atoms with E-state index in [0.717, 1.165) is 19.3 Å². The third-order valence-electron chi connectivity index (χ3n) is 1.17. The van der Waals surface area contributed by atoms with Gasteiger partial charge in [-0.1, -0.05) is 0 Å². The molecule has 0 unspecified atom stereocenters. The fourth-order valence-electron chi connectivity index (χ4n) is 0.652. The normalized spacial score (nSPS) is 10.8. The first-order valence-electron chi connectivity index (χ1n) is 3.34. The Bertz CT molecular complexity index is 68.5. The number of rotatable bonds is 4. The molecule has 0 amide bonds. The average molecular weight is 187 g/mol. The Morgan fingerprint density at radius 2 is 1.80 bits per heavy atom. The van der Waals surface area contributed by atoms with Gasteiger partial charge in [0.15, 0.2) is 0 Å². The topological polar surface area (TPSA) is 20.2 Å². The second-order valence-corrected chi connectivity index (χ2v) is 3.34. The highest BCUT2D eigenvalue weighted by molar-refractivity contribution is 6.17. The SMILES string of the molecule is CC(C)(O)CCCCCl.Cl. The van der Waals surface area contributed by atoms with Crippen molar-refractivity contribution in [2.75, 3.05) is 5.88 Å². The van der Waals surface area contributed by atoms with Gasteiger partial charge in [0.2, 0.25) is 0 Å². The second-order valence-electron chi connectivity index (χ2n) is 2.96. The van der Waals surface area contributed by atoms with Crippen molar-refractivity contribution in [2.45, 2.75) is 38.7 Å². The van der Waals surface area contributed by atoms with E-state index in [4.69, 9.17) is 11.6 Å². The van der Waals surface area contributed by atoms with E-state index in [2.05, 4.69) is 0 Å². The van der Waals surface area contributed by atoms with Crippen LogP contribution in [0.15, 0.2) is 0 Å². The number of unbranched alkanes of at least 4 members (excludes halogenated alkanes) is 1. The molecule has 0 rings (SSSR count). The van der Waals surface area contributed by atoms with Crippen LogP contribution in [0.3, 0.4) is 0 Å². The van der Waals surface area contributed by atoms with Gasteiger partial charge in [0.05, 0.1) is 5.60 Å². The Kier molecular flexibility index (Phi) is 8.24. The molecule has 0 heterocycles. The molecule has 0 saturated heterocycles. The third-order valence-corrected chi connectivity index (χ3v) is 1.44. The number of hydrogen-bond donors (Lipinski definition) is 1. The number of hydrogen-bond acceptors (Lipinski definition) is 1. The van der Waals surface area contributed by atoms with Crippen LogP contribution in [0.25, 0.3) is 0 Å². The van der Waals surface area contributed by atoms with E-state index in [0.29, 0.717) is 5.88 Å². The van der Waals surface area contributed by atoms with Crippen molar-refractivity contribution in [2.24, 2.45) is 0 Å². The van der Waals surface area contributed by atoms with Crippen molar-refractivity contribution in [3.63, 3.8) is 0 Å². The minimum Gasteiger partial charge on any atom is -0.390 e. The number of halogens is 2. The van der Waals surface area contributed by atoms with E-state index in [-0.39, 0.29) is 12.4 Å². The molecular formula is C7H16Cl2O. The molecule has 0 bridgehead atoms. The van der Waals surface area contributed by atoms with Gasteiger partial charge in [-0.25, -0.2) is 0 Å². The second kappa shape index (κ2) is 6.26. The molecule has 3 heteroatoms. The lowest BCUT2D eigenvalue weighted by molar-refractivity contribution is 0.0687. The minimum absolute atomic E-state index is 0. The molecule has 0 aliphatic rings. The maximum Gasteiger partial charge on any atom is 0.0591 e. The summed E-state index contributed by atoms with van der Waals surface area (Å²) in [4.78, 5) is 0. The molecule has 1 N–H and O–H groups in total. The fourth-order valence-corrected chi connectivity index (χ4v) is 0.841. The molecule has 0 fully saturated rings. The van der Waals surface area contributed by atoms with E-state index < -0.39 is 5.60 Å². The first-order valence-corrected chi connectivity index (χ1v) is 3.88. The zero-order valence-electron chi connectivity index (χ0n) is 6.56. The molecule has 10 heavy (non-hydrogen) atoms. The quantitative estimate of drug-likeness (QED) is 0.529. The standard InChI is InChI=1S/C7H15ClO.ClH/c1-7(2,9)5-3-4-6-8;/h9H,3-6H2,1-2H3;1H. The molecule has 0 aromatic heterocycles. The summed E-state index contributed by atoms with van der Waals surface area (Å²) in [5, 5.41) is 9.20. The van der Waals surface area contributed by atoms with Gasteiger partial charge in [-0.05, 0) is 33.1 Å². The Morgan fingerprint density at radius 1 is 1.30 bits per heavy atom. The van der Waals surface area contributed by atoms with Gasteiger partial charge in [0, 0.05) is 5.88 Å². The van der Waals surface area contributed by atoms with Crippen molar-refractivity contribution < 1.29 is 5.11 Å². The Hall–Kier alpha value is 0.540. The van der Waals surface area contributed by atoms with E-state index in [1.54, 1.807) is 0 Å². The van der Waals surface area contributed by atoms with Crippen molar-refractivity contribution in [3.05, 3.63) is 0 Å². The highest BCUT2D eigenvalue weighted by atomic mass is 35.5. The summed E-state index contributed by atoms with van der Waals surface area (Å²) in [5.41, 5.74) is -0.508. The average Bonchev–Trinajstić information content (AvgIpc) is 1.63. The summed E-state index contributed by atoms with van der Waals surface area (Å²) >= 11 is 5.45. The summed E-state index contributed by atoms with van der Waals surface area (Å²) in [6.07, 6.45) is 2.87. The smallest absolute Gasteiger partial charge is 0.0591 e. The lowest BCUT2D eigenvalue weighted by Gasteiger charge is -2.15. The largest absolute Gasteiger partial charge is 0.390 e. The van der Waals surface area contributed by atoms with E-state index in [1.165, 1.54) is 0 Å².